The third-order valence-corrected chi connectivity index (χ3v) is 2.90. The smallest absolute Gasteiger partial charge is 0.135 e. The van der Waals surface area contributed by atoms with Crippen LogP contribution in [0.1, 0.15) is 32.8 Å². The van der Waals surface area contributed by atoms with E-state index in [9.17, 15) is 14.3 Å². The first-order valence-corrected chi connectivity index (χ1v) is 5.49. The van der Waals surface area contributed by atoms with Crippen LogP contribution in [0.3, 0.4) is 0 Å². The number of phenols is 1. The number of halogens is 1. The lowest BCUT2D eigenvalue weighted by Crippen LogP contribution is -2.19. The molecule has 3 heteroatoms. The van der Waals surface area contributed by atoms with Crippen molar-refractivity contribution in [1.82, 2.24) is 0 Å². The molecule has 0 aliphatic rings. The minimum absolute atomic E-state index is 0.0832. The Morgan fingerprint density at radius 2 is 2.12 bits per heavy atom. The Bertz CT molecular complexity index is 427. The predicted octanol–water partition coefficient (Wildman–Crippen LogP) is 3.55. The summed E-state index contributed by atoms with van der Waals surface area (Å²) in [6, 6.07) is 4.16. The monoisotopic (exact) mass is 236 g/mol. The fourth-order valence-corrected chi connectivity index (χ4v) is 1.31. The highest BCUT2D eigenvalue weighted by Crippen LogP contribution is 2.25. The molecule has 2 nitrogen and oxygen atoms in total. The van der Waals surface area contributed by atoms with Crippen LogP contribution in [0, 0.1) is 11.2 Å². The van der Waals surface area contributed by atoms with Crippen molar-refractivity contribution in [2.24, 2.45) is 5.41 Å². The van der Waals surface area contributed by atoms with Gasteiger partial charge in [0.2, 0.25) is 0 Å². The zero-order valence-corrected chi connectivity index (χ0v) is 10.3. The van der Waals surface area contributed by atoms with Crippen molar-refractivity contribution in [2.45, 2.75) is 27.2 Å². The van der Waals surface area contributed by atoms with E-state index in [-0.39, 0.29) is 17.1 Å². The van der Waals surface area contributed by atoms with Crippen LogP contribution in [-0.2, 0) is 4.79 Å². The molecule has 0 aliphatic heterocycles. The first-order chi connectivity index (χ1) is 7.84. The predicted molar refractivity (Wildman–Crippen MR) is 66.2 cm³/mol. The van der Waals surface area contributed by atoms with Crippen LogP contribution in [-0.4, -0.2) is 10.9 Å². The molecule has 0 saturated carbocycles. The molecule has 0 atom stereocenters. The van der Waals surface area contributed by atoms with Crippen LogP contribution in [0.15, 0.2) is 24.3 Å². The molecule has 0 unspecified atom stereocenters. The molecular formula is C14H17FO2. The van der Waals surface area contributed by atoms with Crippen molar-refractivity contribution in [3.63, 3.8) is 0 Å². The SMILES string of the molecule is CC(=O)C(C)(C)C/C=C/c1c(O)cccc1F. The van der Waals surface area contributed by atoms with Crippen molar-refractivity contribution in [2.75, 3.05) is 0 Å². The van der Waals surface area contributed by atoms with Gasteiger partial charge in [-0.3, -0.25) is 4.79 Å². The number of benzene rings is 1. The summed E-state index contributed by atoms with van der Waals surface area (Å²) in [5.41, 5.74) is -0.302. The van der Waals surface area contributed by atoms with Gasteiger partial charge in [-0.1, -0.05) is 32.1 Å². The number of phenolic OH excluding ortho intramolecular Hbond substituents is 1. The number of hydrogen-bond acceptors (Lipinski definition) is 2. The Morgan fingerprint density at radius 3 is 2.65 bits per heavy atom. The summed E-state index contributed by atoms with van der Waals surface area (Å²) in [7, 11) is 0. The molecule has 0 saturated heterocycles. The number of carbonyl (C=O) groups is 1. The van der Waals surface area contributed by atoms with Crippen LogP contribution >= 0.6 is 0 Å². The number of Topliss-reactive ketones (excluding diaryl/α,β-unsaturated/α-hetero) is 1. The van der Waals surface area contributed by atoms with Crippen LogP contribution in [0.25, 0.3) is 6.08 Å². The summed E-state index contributed by atoms with van der Waals surface area (Å²) in [5.74, 6) is -0.483. The average molecular weight is 236 g/mol. The summed E-state index contributed by atoms with van der Waals surface area (Å²) < 4.78 is 13.4. The Kier molecular flexibility index (Phi) is 4.05. The summed E-state index contributed by atoms with van der Waals surface area (Å²) in [6.45, 7) is 5.20. The molecule has 0 aliphatic carbocycles. The minimum Gasteiger partial charge on any atom is -0.507 e. The highest BCUT2D eigenvalue weighted by Gasteiger charge is 2.21. The van der Waals surface area contributed by atoms with E-state index in [0.717, 1.165) is 0 Å². The third-order valence-electron chi connectivity index (χ3n) is 2.90. The highest BCUT2D eigenvalue weighted by molar-refractivity contribution is 5.81. The number of hydrogen-bond donors (Lipinski definition) is 1. The first kappa shape index (κ1) is 13.4. The van der Waals surface area contributed by atoms with Gasteiger partial charge >= 0.3 is 0 Å². The van der Waals surface area contributed by atoms with Gasteiger partial charge in [-0.25, -0.2) is 4.39 Å². The molecule has 0 heterocycles. The standard InChI is InChI=1S/C14H17FO2/c1-10(16)14(2,3)9-5-6-11-12(15)7-4-8-13(11)17/h4-8,17H,9H2,1-3H3/b6-5+. The van der Waals surface area contributed by atoms with Gasteiger partial charge < -0.3 is 5.11 Å². The molecule has 0 amide bonds. The van der Waals surface area contributed by atoms with E-state index in [1.165, 1.54) is 31.2 Å². The Hall–Kier alpha value is -1.64. The molecule has 0 aromatic heterocycles. The van der Waals surface area contributed by atoms with Crippen LogP contribution in [0.4, 0.5) is 4.39 Å². The topological polar surface area (TPSA) is 37.3 Å². The lowest BCUT2D eigenvalue weighted by atomic mass is 9.85. The molecule has 1 rings (SSSR count). The maximum Gasteiger partial charge on any atom is 0.135 e. The van der Waals surface area contributed by atoms with Crippen molar-refractivity contribution in [3.05, 3.63) is 35.7 Å². The van der Waals surface area contributed by atoms with E-state index in [1.807, 2.05) is 13.8 Å². The summed E-state index contributed by atoms with van der Waals surface area (Å²) in [4.78, 5) is 11.3. The normalized spacial score (nSPS) is 12.0. The van der Waals surface area contributed by atoms with Gasteiger partial charge in [0.25, 0.3) is 0 Å². The maximum absolute atomic E-state index is 13.4. The second-order valence-electron chi connectivity index (χ2n) is 4.72. The van der Waals surface area contributed by atoms with Gasteiger partial charge in [-0.15, -0.1) is 0 Å². The molecule has 17 heavy (non-hydrogen) atoms. The second-order valence-corrected chi connectivity index (χ2v) is 4.72. The summed E-state index contributed by atoms with van der Waals surface area (Å²) in [5, 5.41) is 9.47. The quantitative estimate of drug-likeness (QED) is 0.868. The van der Waals surface area contributed by atoms with E-state index in [2.05, 4.69) is 0 Å². The summed E-state index contributed by atoms with van der Waals surface area (Å²) in [6.07, 6.45) is 3.73. The number of ketones is 1. The number of aromatic hydroxyl groups is 1. The van der Waals surface area contributed by atoms with Gasteiger partial charge in [0.15, 0.2) is 0 Å². The molecule has 0 spiro atoms. The van der Waals surface area contributed by atoms with Crippen molar-refractivity contribution >= 4 is 11.9 Å². The Morgan fingerprint density at radius 1 is 1.47 bits per heavy atom. The number of allylic oxidation sites excluding steroid dienone is 1. The zero-order chi connectivity index (χ0) is 13.1. The fraction of sp³-hybridized carbons (Fsp3) is 0.357. The molecular weight excluding hydrogens is 219 g/mol. The molecule has 92 valence electrons. The van der Waals surface area contributed by atoms with Crippen molar-refractivity contribution in [1.29, 1.82) is 0 Å². The van der Waals surface area contributed by atoms with E-state index < -0.39 is 11.2 Å². The van der Waals surface area contributed by atoms with Crippen molar-refractivity contribution < 1.29 is 14.3 Å². The highest BCUT2D eigenvalue weighted by atomic mass is 19.1. The van der Waals surface area contributed by atoms with Crippen LogP contribution < -0.4 is 0 Å². The Balaban J connectivity index is 2.82. The largest absolute Gasteiger partial charge is 0.507 e. The van der Waals surface area contributed by atoms with E-state index in [1.54, 1.807) is 6.08 Å². The molecule has 1 N–H and O–H groups in total. The molecule has 0 radical (unpaired) electrons. The molecule has 1 aromatic rings. The molecule has 0 bridgehead atoms. The zero-order valence-electron chi connectivity index (χ0n) is 10.3. The van der Waals surface area contributed by atoms with E-state index >= 15 is 0 Å². The van der Waals surface area contributed by atoms with Gasteiger partial charge in [0.05, 0.1) is 5.56 Å². The maximum atomic E-state index is 13.4. The van der Waals surface area contributed by atoms with E-state index in [4.69, 9.17) is 0 Å². The lowest BCUT2D eigenvalue weighted by Gasteiger charge is -2.18. The first-order valence-electron chi connectivity index (χ1n) is 5.49. The average Bonchev–Trinajstić information content (AvgIpc) is 2.22. The second kappa shape index (κ2) is 5.13. The Labute approximate surface area is 101 Å². The fourth-order valence-electron chi connectivity index (χ4n) is 1.31. The van der Waals surface area contributed by atoms with Crippen LogP contribution in [0.5, 0.6) is 5.75 Å². The third kappa shape index (κ3) is 3.41. The molecule has 0 fully saturated rings. The minimum atomic E-state index is -0.470. The number of rotatable bonds is 4. The van der Waals surface area contributed by atoms with Gasteiger partial charge in [0, 0.05) is 5.41 Å². The number of carbonyl (C=O) groups excluding carboxylic acids is 1. The van der Waals surface area contributed by atoms with Gasteiger partial charge in [-0.2, -0.15) is 0 Å². The lowest BCUT2D eigenvalue weighted by molar-refractivity contribution is -0.124. The van der Waals surface area contributed by atoms with Gasteiger partial charge in [0.1, 0.15) is 17.3 Å². The van der Waals surface area contributed by atoms with Crippen LogP contribution in [0.2, 0.25) is 0 Å². The van der Waals surface area contributed by atoms with Gasteiger partial charge in [-0.05, 0) is 25.5 Å². The van der Waals surface area contributed by atoms with Crippen molar-refractivity contribution in [3.8, 4) is 5.75 Å². The molecule has 1 aromatic carbocycles. The summed E-state index contributed by atoms with van der Waals surface area (Å²) >= 11 is 0. The van der Waals surface area contributed by atoms with E-state index in [0.29, 0.717) is 6.42 Å².